The molecule has 2 nitrogen and oxygen atoms in total. The molecule has 1 aliphatic rings. The highest BCUT2D eigenvalue weighted by Crippen LogP contribution is 2.25. The molecule has 0 heterocycles. The van der Waals surface area contributed by atoms with E-state index in [4.69, 9.17) is 4.74 Å². The third-order valence-electron chi connectivity index (χ3n) is 2.74. The Morgan fingerprint density at radius 2 is 1.88 bits per heavy atom. The summed E-state index contributed by atoms with van der Waals surface area (Å²) >= 11 is 0. The molecule has 0 fully saturated rings. The minimum atomic E-state index is 0.240. The maximum Gasteiger partial charge on any atom is 0.163 e. The van der Waals surface area contributed by atoms with Crippen molar-refractivity contribution in [3.63, 3.8) is 0 Å². The Balaban J connectivity index is 0.000000280. The largest absolute Gasteiger partial charge is 0.497 e. The summed E-state index contributed by atoms with van der Waals surface area (Å²) < 4.78 is 5.04. The van der Waals surface area contributed by atoms with Gasteiger partial charge in [-0.2, -0.15) is 0 Å². The number of methoxy groups -OCH3 is 1. The van der Waals surface area contributed by atoms with E-state index < -0.39 is 0 Å². The van der Waals surface area contributed by atoms with Crippen molar-refractivity contribution in [3.05, 3.63) is 29.3 Å². The standard InChI is InChI=1S/C10H10O2.C4H10/c1-12-8-4-2-7-3-5-10(11)9(7)6-8;1-3-4-2/h2,4,6H,3,5H2,1H3;3-4H2,1-2H3. The van der Waals surface area contributed by atoms with E-state index in [-0.39, 0.29) is 5.78 Å². The lowest BCUT2D eigenvalue weighted by atomic mass is 10.1. The van der Waals surface area contributed by atoms with Crippen LogP contribution in [0.5, 0.6) is 5.75 Å². The topological polar surface area (TPSA) is 26.3 Å². The lowest BCUT2D eigenvalue weighted by Crippen LogP contribution is -1.92. The molecule has 0 radical (unpaired) electrons. The van der Waals surface area contributed by atoms with Crippen LogP contribution in [0.15, 0.2) is 18.2 Å². The van der Waals surface area contributed by atoms with Gasteiger partial charge in [0, 0.05) is 12.0 Å². The number of hydrogen-bond acceptors (Lipinski definition) is 2. The van der Waals surface area contributed by atoms with Gasteiger partial charge in [-0.15, -0.1) is 0 Å². The van der Waals surface area contributed by atoms with Crippen molar-refractivity contribution >= 4 is 5.78 Å². The smallest absolute Gasteiger partial charge is 0.163 e. The Bertz CT molecular complexity index is 354. The molecule has 88 valence electrons. The molecule has 0 spiro atoms. The Kier molecular flexibility index (Phi) is 5.03. The van der Waals surface area contributed by atoms with Crippen LogP contribution in [0.4, 0.5) is 0 Å². The van der Waals surface area contributed by atoms with Crippen molar-refractivity contribution in [3.8, 4) is 5.75 Å². The average molecular weight is 220 g/mol. The number of benzene rings is 1. The van der Waals surface area contributed by atoms with Crippen molar-refractivity contribution in [1.82, 2.24) is 0 Å². The monoisotopic (exact) mass is 220 g/mol. The summed E-state index contributed by atoms with van der Waals surface area (Å²) in [6, 6.07) is 5.70. The number of hydrogen-bond donors (Lipinski definition) is 0. The first-order chi connectivity index (χ1) is 7.72. The minimum Gasteiger partial charge on any atom is -0.497 e. The number of carbonyl (C=O) groups is 1. The van der Waals surface area contributed by atoms with Crippen LogP contribution in [-0.4, -0.2) is 12.9 Å². The lowest BCUT2D eigenvalue weighted by molar-refractivity contribution is 0.0994. The van der Waals surface area contributed by atoms with E-state index in [2.05, 4.69) is 13.8 Å². The quantitative estimate of drug-likeness (QED) is 0.760. The van der Waals surface area contributed by atoms with Gasteiger partial charge in [-0.25, -0.2) is 0 Å². The molecule has 0 aromatic heterocycles. The van der Waals surface area contributed by atoms with Crippen LogP contribution in [0.25, 0.3) is 0 Å². The van der Waals surface area contributed by atoms with Gasteiger partial charge in [0.15, 0.2) is 5.78 Å². The van der Waals surface area contributed by atoms with Gasteiger partial charge in [-0.05, 0) is 24.1 Å². The average Bonchev–Trinajstić information content (AvgIpc) is 2.71. The maximum absolute atomic E-state index is 11.3. The Morgan fingerprint density at radius 3 is 2.44 bits per heavy atom. The van der Waals surface area contributed by atoms with Crippen LogP contribution >= 0.6 is 0 Å². The molecular formula is C14H20O2. The van der Waals surface area contributed by atoms with Crippen molar-refractivity contribution in [2.24, 2.45) is 0 Å². The molecular weight excluding hydrogens is 200 g/mol. The number of unbranched alkanes of at least 4 members (excludes halogenated alkanes) is 1. The third-order valence-corrected chi connectivity index (χ3v) is 2.74. The normalized spacial score (nSPS) is 12.8. The van der Waals surface area contributed by atoms with Gasteiger partial charge in [-0.3, -0.25) is 4.79 Å². The number of aryl methyl sites for hydroxylation is 1. The molecule has 0 unspecified atom stereocenters. The first kappa shape index (κ1) is 12.8. The molecule has 1 aliphatic carbocycles. The summed E-state index contributed by atoms with van der Waals surface area (Å²) in [6.07, 6.45) is 4.18. The molecule has 0 N–H and O–H groups in total. The SMILES string of the molecule is CCCC.COc1ccc2c(c1)C(=O)CC2. The molecule has 0 atom stereocenters. The van der Waals surface area contributed by atoms with Gasteiger partial charge in [0.2, 0.25) is 0 Å². The summed E-state index contributed by atoms with van der Waals surface area (Å²) in [5, 5.41) is 0. The van der Waals surface area contributed by atoms with Gasteiger partial charge in [0.1, 0.15) is 5.75 Å². The molecule has 0 saturated carbocycles. The van der Waals surface area contributed by atoms with Crippen molar-refractivity contribution in [1.29, 1.82) is 0 Å². The molecule has 1 aromatic rings. The molecule has 1 aromatic carbocycles. The van der Waals surface area contributed by atoms with Gasteiger partial charge >= 0.3 is 0 Å². The van der Waals surface area contributed by atoms with Crippen LogP contribution in [0.2, 0.25) is 0 Å². The van der Waals surface area contributed by atoms with Gasteiger partial charge in [0.05, 0.1) is 7.11 Å². The Labute approximate surface area is 97.6 Å². The molecule has 0 amide bonds. The molecule has 2 rings (SSSR count). The summed E-state index contributed by atoms with van der Waals surface area (Å²) in [7, 11) is 1.61. The lowest BCUT2D eigenvalue weighted by Gasteiger charge is -2.01. The number of fused-ring (bicyclic) bond motifs is 1. The third kappa shape index (κ3) is 3.09. The summed E-state index contributed by atoms with van der Waals surface area (Å²) in [5.74, 6) is 1.01. The first-order valence-electron chi connectivity index (χ1n) is 5.93. The van der Waals surface area contributed by atoms with E-state index in [1.165, 1.54) is 12.8 Å². The number of rotatable bonds is 2. The molecule has 16 heavy (non-hydrogen) atoms. The predicted molar refractivity (Wildman–Crippen MR) is 66.2 cm³/mol. The van der Waals surface area contributed by atoms with Crippen LogP contribution in [-0.2, 0) is 6.42 Å². The van der Waals surface area contributed by atoms with E-state index in [0.29, 0.717) is 6.42 Å². The van der Waals surface area contributed by atoms with Crippen LogP contribution in [0.1, 0.15) is 49.0 Å². The van der Waals surface area contributed by atoms with E-state index in [9.17, 15) is 4.79 Å². The predicted octanol–water partition coefficient (Wildman–Crippen LogP) is 3.63. The van der Waals surface area contributed by atoms with Gasteiger partial charge in [-0.1, -0.05) is 32.8 Å². The van der Waals surface area contributed by atoms with Gasteiger partial charge in [0.25, 0.3) is 0 Å². The van der Waals surface area contributed by atoms with E-state index in [0.717, 1.165) is 23.3 Å². The van der Waals surface area contributed by atoms with Crippen LogP contribution < -0.4 is 4.74 Å². The molecule has 0 bridgehead atoms. The summed E-state index contributed by atoms with van der Waals surface area (Å²) in [5.41, 5.74) is 2.00. The van der Waals surface area contributed by atoms with E-state index >= 15 is 0 Å². The number of ether oxygens (including phenoxy) is 1. The number of ketones is 1. The maximum atomic E-state index is 11.3. The summed E-state index contributed by atoms with van der Waals surface area (Å²) in [4.78, 5) is 11.3. The van der Waals surface area contributed by atoms with Crippen molar-refractivity contribution in [2.45, 2.75) is 39.5 Å². The molecule has 0 aliphatic heterocycles. The van der Waals surface area contributed by atoms with Crippen LogP contribution in [0.3, 0.4) is 0 Å². The number of carbonyl (C=O) groups excluding carboxylic acids is 1. The van der Waals surface area contributed by atoms with Crippen molar-refractivity contribution < 1.29 is 9.53 Å². The second kappa shape index (κ2) is 6.31. The van der Waals surface area contributed by atoms with E-state index in [1.807, 2.05) is 18.2 Å². The first-order valence-corrected chi connectivity index (χ1v) is 5.93. The van der Waals surface area contributed by atoms with Gasteiger partial charge < -0.3 is 4.74 Å². The highest BCUT2D eigenvalue weighted by Gasteiger charge is 2.19. The Morgan fingerprint density at radius 1 is 1.19 bits per heavy atom. The highest BCUT2D eigenvalue weighted by molar-refractivity contribution is 6.00. The van der Waals surface area contributed by atoms with Crippen LogP contribution in [0, 0.1) is 0 Å². The minimum absolute atomic E-state index is 0.240. The fourth-order valence-electron chi connectivity index (χ4n) is 1.54. The Hall–Kier alpha value is -1.31. The highest BCUT2D eigenvalue weighted by atomic mass is 16.5. The summed E-state index contributed by atoms with van der Waals surface area (Å²) in [6.45, 7) is 4.36. The number of Topliss-reactive ketones (excluding diaryl/α,β-unsaturated/α-hetero) is 1. The van der Waals surface area contributed by atoms with Crippen molar-refractivity contribution in [2.75, 3.05) is 7.11 Å². The second-order valence-corrected chi connectivity index (χ2v) is 3.95. The van der Waals surface area contributed by atoms with E-state index in [1.54, 1.807) is 7.11 Å². The molecule has 0 saturated heterocycles. The molecule has 2 heteroatoms. The zero-order valence-electron chi connectivity index (χ0n) is 10.4. The second-order valence-electron chi connectivity index (χ2n) is 3.95. The fraction of sp³-hybridized carbons (Fsp3) is 0.500. The zero-order chi connectivity index (χ0) is 12.0. The fourth-order valence-corrected chi connectivity index (χ4v) is 1.54. The zero-order valence-corrected chi connectivity index (χ0v) is 10.4.